The molecule has 0 radical (unpaired) electrons. The molecule has 1 aromatic rings. The van der Waals surface area contributed by atoms with E-state index in [1.165, 1.54) is 0 Å². The molecule has 0 aromatic carbocycles. The Hall–Kier alpha value is -1.30. The Morgan fingerprint density at radius 1 is 1.45 bits per heavy atom. The second-order valence-electron chi connectivity index (χ2n) is 5.50. The molecule has 1 amide bonds. The number of carbonyl (C=O) groups excluding carboxylic acids is 1. The third kappa shape index (κ3) is 2.61. The van der Waals surface area contributed by atoms with Gasteiger partial charge >= 0.3 is 0 Å². The van der Waals surface area contributed by atoms with Crippen LogP contribution < -0.4 is 0 Å². The zero-order valence-electron chi connectivity index (χ0n) is 12.5. The largest absolute Gasteiger partial charge is 0.349 e. The van der Waals surface area contributed by atoms with Crippen LogP contribution in [-0.4, -0.2) is 48.4 Å². The molecule has 1 aliphatic rings. The zero-order chi connectivity index (χ0) is 15.1. The lowest BCUT2D eigenvalue weighted by molar-refractivity contribution is 0.0747. The number of nitrogens with zero attached hydrogens (tertiary/aromatic N) is 2. The minimum absolute atomic E-state index is 0.0834. The molecule has 20 heavy (non-hydrogen) atoms. The molecule has 1 aromatic heterocycles. The molecule has 0 N–H and O–H groups in total. The van der Waals surface area contributed by atoms with E-state index in [2.05, 4.69) is 4.57 Å². The van der Waals surface area contributed by atoms with Crippen molar-refractivity contribution in [1.82, 2.24) is 9.47 Å². The molecular weight excluding hydrogens is 276 g/mol. The zero-order valence-corrected chi connectivity index (χ0v) is 13.3. The molecule has 0 spiro atoms. The molecule has 1 aliphatic heterocycles. The van der Waals surface area contributed by atoms with Gasteiger partial charge in [0.15, 0.2) is 9.84 Å². The Morgan fingerprint density at radius 2 is 2.10 bits per heavy atom. The molecule has 1 saturated heterocycles. The van der Waals surface area contributed by atoms with E-state index in [-0.39, 0.29) is 23.5 Å². The highest BCUT2D eigenvalue weighted by Crippen LogP contribution is 2.21. The van der Waals surface area contributed by atoms with E-state index in [4.69, 9.17) is 0 Å². The van der Waals surface area contributed by atoms with Crippen LogP contribution in [-0.2, 0) is 16.4 Å². The number of sulfone groups is 1. The van der Waals surface area contributed by atoms with E-state index in [1.807, 2.05) is 26.8 Å². The van der Waals surface area contributed by atoms with Crippen molar-refractivity contribution in [2.24, 2.45) is 0 Å². The Balaban J connectivity index is 2.24. The van der Waals surface area contributed by atoms with Crippen molar-refractivity contribution in [3.8, 4) is 0 Å². The summed E-state index contributed by atoms with van der Waals surface area (Å²) in [6.45, 7) is 6.78. The Bertz CT molecular complexity index is 631. The molecule has 6 heteroatoms. The second kappa shape index (κ2) is 5.24. The van der Waals surface area contributed by atoms with Gasteiger partial charge in [0.05, 0.1) is 17.1 Å². The Labute approximate surface area is 120 Å². The lowest BCUT2D eigenvalue weighted by Crippen LogP contribution is -2.38. The summed E-state index contributed by atoms with van der Waals surface area (Å²) >= 11 is 0. The maximum Gasteiger partial charge on any atom is 0.255 e. The predicted octanol–water partition coefficient (Wildman–Crippen LogP) is 1.38. The molecular formula is C14H22N2O3S. The van der Waals surface area contributed by atoms with Gasteiger partial charge in [-0.3, -0.25) is 4.79 Å². The quantitative estimate of drug-likeness (QED) is 0.847. The minimum Gasteiger partial charge on any atom is -0.349 e. The van der Waals surface area contributed by atoms with Gasteiger partial charge in [-0.1, -0.05) is 0 Å². The summed E-state index contributed by atoms with van der Waals surface area (Å²) < 4.78 is 25.2. The normalized spacial score (nSPS) is 21.1. The Kier molecular flexibility index (Phi) is 3.95. The summed E-state index contributed by atoms with van der Waals surface area (Å²) in [5.74, 6) is 0.185. The molecule has 1 atom stereocenters. The van der Waals surface area contributed by atoms with Gasteiger partial charge in [0.25, 0.3) is 5.91 Å². The lowest BCUT2D eigenvalue weighted by atomic mass is 10.1. The smallest absolute Gasteiger partial charge is 0.255 e. The van der Waals surface area contributed by atoms with Gasteiger partial charge in [0, 0.05) is 31.0 Å². The van der Waals surface area contributed by atoms with Gasteiger partial charge in [-0.05, 0) is 33.3 Å². The summed E-state index contributed by atoms with van der Waals surface area (Å²) in [5.41, 5.74) is 2.68. The van der Waals surface area contributed by atoms with Gasteiger partial charge < -0.3 is 9.47 Å². The molecule has 2 heterocycles. The summed E-state index contributed by atoms with van der Waals surface area (Å²) in [6, 6.07) is 1.69. The van der Waals surface area contributed by atoms with E-state index in [9.17, 15) is 13.2 Å². The monoisotopic (exact) mass is 298 g/mol. The van der Waals surface area contributed by atoms with E-state index in [1.54, 1.807) is 11.9 Å². The first-order valence-corrected chi connectivity index (χ1v) is 8.73. The lowest BCUT2D eigenvalue weighted by Gasteiger charge is -2.23. The van der Waals surface area contributed by atoms with Crippen LogP contribution in [0.3, 0.4) is 0 Å². The molecule has 0 bridgehead atoms. The molecule has 0 unspecified atom stereocenters. The van der Waals surface area contributed by atoms with Crippen molar-refractivity contribution >= 4 is 15.7 Å². The average Bonchev–Trinajstić information content (AvgIpc) is 2.88. The van der Waals surface area contributed by atoms with Crippen molar-refractivity contribution < 1.29 is 13.2 Å². The molecule has 5 nitrogen and oxygen atoms in total. The minimum atomic E-state index is -2.97. The van der Waals surface area contributed by atoms with Gasteiger partial charge in [0.2, 0.25) is 0 Å². The summed E-state index contributed by atoms with van der Waals surface area (Å²) in [4.78, 5) is 14.2. The third-order valence-corrected chi connectivity index (χ3v) is 5.95. The van der Waals surface area contributed by atoms with Crippen LogP contribution in [0.15, 0.2) is 6.07 Å². The third-order valence-electron chi connectivity index (χ3n) is 4.20. The van der Waals surface area contributed by atoms with Crippen molar-refractivity contribution in [3.05, 3.63) is 23.0 Å². The van der Waals surface area contributed by atoms with E-state index >= 15 is 0 Å². The first-order chi connectivity index (χ1) is 9.26. The molecule has 2 rings (SSSR count). The van der Waals surface area contributed by atoms with Gasteiger partial charge in [-0.25, -0.2) is 8.42 Å². The van der Waals surface area contributed by atoms with Crippen LogP contribution in [0.4, 0.5) is 0 Å². The van der Waals surface area contributed by atoms with Crippen LogP contribution >= 0.6 is 0 Å². The van der Waals surface area contributed by atoms with Crippen molar-refractivity contribution in [2.75, 3.05) is 18.6 Å². The topological polar surface area (TPSA) is 59.4 Å². The summed E-state index contributed by atoms with van der Waals surface area (Å²) in [7, 11) is -1.27. The standard InChI is InChI=1S/C14H22N2O3S/c1-5-16-10(2)8-13(11(16)3)14(17)15(4)12-6-7-20(18,19)9-12/h8,12H,5-7,9H2,1-4H3/t12-/m1/s1. The fourth-order valence-corrected chi connectivity index (χ4v) is 4.72. The average molecular weight is 298 g/mol. The van der Waals surface area contributed by atoms with Crippen molar-refractivity contribution in [1.29, 1.82) is 0 Å². The summed E-state index contributed by atoms with van der Waals surface area (Å²) in [6.07, 6.45) is 0.539. The number of aryl methyl sites for hydroxylation is 1. The Morgan fingerprint density at radius 3 is 2.55 bits per heavy atom. The van der Waals surface area contributed by atoms with Crippen LogP contribution in [0.5, 0.6) is 0 Å². The van der Waals surface area contributed by atoms with Crippen molar-refractivity contribution in [2.45, 2.75) is 39.8 Å². The number of hydrogen-bond donors (Lipinski definition) is 0. The maximum atomic E-state index is 12.6. The molecule has 1 fully saturated rings. The first-order valence-electron chi connectivity index (χ1n) is 6.91. The number of carbonyl (C=O) groups is 1. The molecule has 0 saturated carbocycles. The maximum absolute atomic E-state index is 12.6. The van der Waals surface area contributed by atoms with E-state index in [0.717, 1.165) is 17.9 Å². The van der Waals surface area contributed by atoms with Gasteiger partial charge in [0.1, 0.15) is 0 Å². The van der Waals surface area contributed by atoms with Crippen LogP contribution in [0.25, 0.3) is 0 Å². The second-order valence-corrected chi connectivity index (χ2v) is 7.73. The van der Waals surface area contributed by atoms with E-state index < -0.39 is 9.84 Å². The highest BCUT2D eigenvalue weighted by Gasteiger charge is 2.33. The van der Waals surface area contributed by atoms with Gasteiger partial charge in [-0.15, -0.1) is 0 Å². The van der Waals surface area contributed by atoms with Crippen LogP contribution in [0.1, 0.15) is 35.1 Å². The molecule has 0 aliphatic carbocycles. The fraction of sp³-hybridized carbons (Fsp3) is 0.643. The number of aromatic nitrogens is 1. The number of amides is 1. The van der Waals surface area contributed by atoms with Crippen LogP contribution in [0, 0.1) is 13.8 Å². The highest BCUT2D eigenvalue weighted by atomic mass is 32.2. The number of hydrogen-bond acceptors (Lipinski definition) is 3. The van der Waals surface area contributed by atoms with Crippen molar-refractivity contribution in [3.63, 3.8) is 0 Å². The van der Waals surface area contributed by atoms with E-state index in [0.29, 0.717) is 12.0 Å². The highest BCUT2D eigenvalue weighted by molar-refractivity contribution is 7.91. The summed E-state index contributed by atoms with van der Waals surface area (Å²) in [5, 5.41) is 0. The van der Waals surface area contributed by atoms with Crippen LogP contribution in [0.2, 0.25) is 0 Å². The molecule has 112 valence electrons. The SMILES string of the molecule is CCn1c(C)cc(C(=O)N(C)[C@@H]2CCS(=O)(=O)C2)c1C. The van der Waals surface area contributed by atoms with Gasteiger partial charge in [-0.2, -0.15) is 0 Å². The number of rotatable bonds is 3. The predicted molar refractivity (Wildman–Crippen MR) is 78.7 cm³/mol. The fourth-order valence-electron chi connectivity index (χ4n) is 2.94. The first kappa shape index (κ1) is 15.1.